The van der Waals surface area contributed by atoms with Crippen LogP contribution in [0.1, 0.15) is 39.0 Å². The summed E-state index contributed by atoms with van der Waals surface area (Å²) in [4.78, 5) is 23.3. The Balaban J connectivity index is 1.35. The highest BCUT2D eigenvalue weighted by atomic mass is 16.5. The fourth-order valence-corrected chi connectivity index (χ4v) is 3.98. The van der Waals surface area contributed by atoms with Crippen molar-refractivity contribution in [2.75, 3.05) is 24.5 Å². The molecule has 6 heteroatoms. The van der Waals surface area contributed by atoms with Gasteiger partial charge in [-0.1, -0.05) is 6.92 Å². The van der Waals surface area contributed by atoms with Crippen molar-refractivity contribution < 1.29 is 9.53 Å². The number of amides is 1. The van der Waals surface area contributed by atoms with Crippen LogP contribution in [-0.2, 0) is 9.53 Å². The molecule has 1 N–H and O–H groups in total. The van der Waals surface area contributed by atoms with Crippen LogP contribution in [0, 0.1) is 11.8 Å². The first-order valence-electron chi connectivity index (χ1n) is 9.14. The van der Waals surface area contributed by atoms with Crippen molar-refractivity contribution in [3.63, 3.8) is 0 Å². The second kappa shape index (κ2) is 6.31. The van der Waals surface area contributed by atoms with Crippen LogP contribution in [0.5, 0.6) is 0 Å². The lowest BCUT2D eigenvalue weighted by molar-refractivity contribution is -0.142. The summed E-state index contributed by atoms with van der Waals surface area (Å²) >= 11 is 0. The minimum Gasteiger partial charge on any atom is -0.362 e. The number of hydrogen-bond acceptors (Lipinski definition) is 5. The summed E-state index contributed by atoms with van der Waals surface area (Å²) in [6.45, 7) is 4.80. The van der Waals surface area contributed by atoms with Gasteiger partial charge >= 0.3 is 0 Å². The van der Waals surface area contributed by atoms with Gasteiger partial charge in [-0.2, -0.15) is 0 Å². The maximum atomic E-state index is 12.3. The number of nitrogens with zero attached hydrogens (tertiary/aromatic N) is 3. The molecule has 4 rings (SSSR count). The first-order valence-corrected chi connectivity index (χ1v) is 9.14. The van der Waals surface area contributed by atoms with Gasteiger partial charge < -0.3 is 15.0 Å². The Morgan fingerprint density at radius 1 is 1.33 bits per heavy atom. The number of nitrogens with one attached hydrogen (secondary N) is 1. The van der Waals surface area contributed by atoms with E-state index >= 15 is 0 Å². The lowest BCUT2D eigenvalue weighted by atomic mass is 9.80. The van der Waals surface area contributed by atoms with Crippen LogP contribution >= 0.6 is 0 Å². The average molecular weight is 330 g/mol. The number of hydrogen-bond donors (Lipinski definition) is 1. The molecule has 1 spiro atoms. The second-order valence-corrected chi connectivity index (χ2v) is 7.54. The third-order valence-corrected chi connectivity index (χ3v) is 5.79. The summed E-state index contributed by atoms with van der Waals surface area (Å²) in [6.07, 6.45) is 8.54. The van der Waals surface area contributed by atoms with E-state index in [1.54, 1.807) is 12.4 Å². The molecule has 1 aromatic rings. The van der Waals surface area contributed by atoms with Gasteiger partial charge in [0.1, 0.15) is 6.10 Å². The van der Waals surface area contributed by atoms with Gasteiger partial charge in [-0.05, 0) is 44.1 Å². The number of carbonyl (C=O) groups is 1. The predicted molar refractivity (Wildman–Crippen MR) is 90.6 cm³/mol. The number of anilines is 1. The molecular formula is C18H26N4O2. The number of rotatable bonds is 4. The Kier molecular flexibility index (Phi) is 4.16. The molecule has 0 aromatic carbocycles. The Morgan fingerprint density at radius 3 is 2.83 bits per heavy atom. The van der Waals surface area contributed by atoms with Crippen molar-refractivity contribution in [2.24, 2.45) is 11.8 Å². The molecule has 1 aliphatic carbocycles. The van der Waals surface area contributed by atoms with Crippen LogP contribution in [-0.4, -0.2) is 47.2 Å². The summed E-state index contributed by atoms with van der Waals surface area (Å²) in [5, 5.41) is 3.06. The zero-order chi connectivity index (χ0) is 16.6. The van der Waals surface area contributed by atoms with Gasteiger partial charge in [0.05, 0.1) is 5.60 Å². The van der Waals surface area contributed by atoms with E-state index in [4.69, 9.17) is 4.74 Å². The third kappa shape index (κ3) is 3.11. The van der Waals surface area contributed by atoms with Crippen LogP contribution in [0.2, 0.25) is 0 Å². The van der Waals surface area contributed by atoms with Gasteiger partial charge in [0, 0.05) is 37.9 Å². The molecule has 1 saturated carbocycles. The topological polar surface area (TPSA) is 67.4 Å². The van der Waals surface area contributed by atoms with Crippen molar-refractivity contribution >= 4 is 11.9 Å². The summed E-state index contributed by atoms with van der Waals surface area (Å²) < 4.78 is 6.32. The van der Waals surface area contributed by atoms with Gasteiger partial charge in [-0.25, -0.2) is 9.97 Å². The maximum absolute atomic E-state index is 12.3. The van der Waals surface area contributed by atoms with Crippen LogP contribution in [0.4, 0.5) is 5.95 Å². The van der Waals surface area contributed by atoms with Crippen LogP contribution < -0.4 is 10.2 Å². The smallest absolute Gasteiger partial charge is 0.249 e. The van der Waals surface area contributed by atoms with Crippen LogP contribution in [0.15, 0.2) is 18.5 Å². The van der Waals surface area contributed by atoms with Gasteiger partial charge in [-0.3, -0.25) is 4.79 Å². The number of aromatic nitrogens is 2. The Labute approximate surface area is 143 Å². The number of carbonyl (C=O) groups excluding carboxylic acids is 1. The molecule has 3 heterocycles. The third-order valence-electron chi connectivity index (χ3n) is 5.79. The quantitative estimate of drug-likeness (QED) is 0.911. The molecular weight excluding hydrogens is 304 g/mol. The highest BCUT2D eigenvalue weighted by Gasteiger charge is 2.49. The molecule has 0 radical (unpaired) electrons. The number of piperidine rings is 1. The first kappa shape index (κ1) is 15.8. The molecule has 3 fully saturated rings. The fraction of sp³-hybridized carbons (Fsp3) is 0.722. The van der Waals surface area contributed by atoms with Crippen LogP contribution in [0.25, 0.3) is 0 Å². The normalized spacial score (nSPS) is 33.0. The van der Waals surface area contributed by atoms with Crippen molar-refractivity contribution in [1.29, 1.82) is 0 Å². The Hall–Kier alpha value is -1.69. The van der Waals surface area contributed by atoms with Crippen molar-refractivity contribution in [3.8, 4) is 0 Å². The lowest BCUT2D eigenvalue weighted by Gasteiger charge is -2.44. The standard InChI is InChI=1S/C18H26N4O2/c1-13-12-22(17-19-8-2-9-20-17)10-7-18(13)6-5-15(24-18)16(23)21-11-14-3-4-14/h2,8-9,13-15H,3-7,10-12H2,1H3,(H,21,23)/t13-,15-,18+/m1/s1. The molecule has 2 aliphatic heterocycles. The second-order valence-electron chi connectivity index (χ2n) is 7.54. The van der Waals surface area contributed by atoms with E-state index in [9.17, 15) is 4.79 Å². The maximum Gasteiger partial charge on any atom is 0.249 e. The van der Waals surface area contributed by atoms with E-state index in [0.717, 1.165) is 44.8 Å². The average Bonchev–Trinajstić information content (AvgIpc) is 3.35. The van der Waals surface area contributed by atoms with Gasteiger partial charge in [0.15, 0.2) is 0 Å². The molecule has 0 unspecified atom stereocenters. The summed E-state index contributed by atoms with van der Waals surface area (Å²) in [7, 11) is 0. The summed E-state index contributed by atoms with van der Waals surface area (Å²) in [6, 6.07) is 1.84. The zero-order valence-corrected chi connectivity index (χ0v) is 14.3. The Morgan fingerprint density at radius 2 is 2.12 bits per heavy atom. The molecule has 3 atom stereocenters. The molecule has 1 aromatic heterocycles. The zero-order valence-electron chi connectivity index (χ0n) is 14.3. The van der Waals surface area contributed by atoms with Gasteiger partial charge in [0.2, 0.25) is 11.9 Å². The summed E-state index contributed by atoms with van der Waals surface area (Å²) in [5.41, 5.74) is -0.160. The molecule has 24 heavy (non-hydrogen) atoms. The molecule has 6 nitrogen and oxygen atoms in total. The van der Waals surface area contributed by atoms with E-state index in [1.165, 1.54) is 12.8 Å². The van der Waals surface area contributed by atoms with Gasteiger partial charge in [0.25, 0.3) is 0 Å². The molecule has 1 amide bonds. The highest BCUT2D eigenvalue weighted by molar-refractivity contribution is 5.81. The van der Waals surface area contributed by atoms with Crippen molar-refractivity contribution in [3.05, 3.63) is 18.5 Å². The number of ether oxygens (including phenoxy) is 1. The van der Waals surface area contributed by atoms with Crippen molar-refractivity contribution in [1.82, 2.24) is 15.3 Å². The largest absolute Gasteiger partial charge is 0.362 e. The van der Waals surface area contributed by atoms with E-state index in [-0.39, 0.29) is 17.6 Å². The van der Waals surface area contributed by atoms with Crippen molar-refractivity contribution in [2.45, 2.75) is 50.7 Å². The molecule has 2 saturated heterocycles. The van der Waals surface area contributed by atoms with E-state index in [1.807, 2.05) is 6.07 Å². The SMILES string of the molecule is C[C@@H]1CN(c2ncccn2)CC[C@@]12CC[C@H](C(=O)NCC1CC1)O2. The lowest BCUT2D eigenvalue weighted by Crippen LogP contribution is -2.52. The summed E-state index contributed by atoms with van der Waals surface area (Å²) in [5.74, 6) is 1.93. The first-order chi connectivity index (χ1) is 11.7. The monoisotopic (exact) mass is 330 g/mol. The highest BCUT2D eigenvalue weighted by Crippen LogP contribution is 2.42. The minimum atomic E-state index is -0.272. The van der Waals surface area contributed by atoms with Crippen LogP contribution in [0.3, 0.4) is 0 Å². The fourth-order valence-electron chi connectivity index (χ4n) is 3.98. The molecule has 130 valence electrons. The Bertz CT molecular complexity index is 592. The van der Waals surface area contributed by atoms with E-state index in [2.05, 4.69) is 27.1 Å². The van der Waals surface area contributed by atoms with Gasteiger partial charge in [-0.15, -0.1) is 0 Å². The predicted octanol–water partition coefficient (Wildman–Crippen LogP) is 1.77. The molecule has 0 bridgehead atoms. The van der Waals surface area contributed by atoms with E-state index < -0.39 is 0 Å². The minimum absolute atomic E-state index is 0.0831. The van der Waals surface area contributed by atoms with E-state index in [0.29, 0.717) is 11.8 Å². The molecule has 3 aliphatic rings.